The van der Waals surface area contributed by atoms with E-state index >= 15 is 0 Å². The highest BCUT2D eigenvalue weighted by Crippen LogP contribution is 2.28. The summed E-state index contributed by atoms with van der Waals surface area (Å²) in [6.07, 6.45) is 2.26. The van der Waals surface area contributed by atoms with E-state index in [4.69, 9.17) is 16.0 Å². The summed E-state index contributed by atoms with van der Waals surface area (Å²) >= 11 is 5.75. The molecule has 0 fully saturated rings. The second-order valence-electron chi connectivity index (χ2n) is 2.93. The lowest BCUT2D eigenvalue weighted by Gasteiger charge is -2.08. The average Bonchev–Trinajstić information content (AvgIpc) is 2.73. The van der Waals surface area contributed by atoms with E-state index in [0.29, 0.717) is 11.3 Å². The molecule has 4 nitrogen and oxygen atoms in total. The number of furan rings is 1. The average molecular weight is 213 g/mol. The van der Waals surface area contributed by atoms with Crippen molar-refractivity contribution in [2.75, 3.05) is 0 Å². The molecule has 1 atom stereocenters. The first-order valence-electron chi connectivity index (χ1n) is 4.09. The molecular weight excluding hydrogens is 204 g/mol. The number of aryl methyl sites for hydroxylation is 1. The molecule has 2 rings (SSSR count). The predicted molar refractivity (Wildman–Crippen MR) is 51.0 cm³/mol. The van der Waals surface area contributed by atoms with Gasteiger partial charge in [0.1, 0.15) is 6.10 Å². The lowest BCUT2D eigenvalue weighted by molar-refractivity contribution is 0.209. The lowest BCUT2D eigenvalue weighted by atomic mass is 10.1. The van der Waals surface area contributed by atoms with Gasteiger partial charge in [0.2, 0.25) is 0 Å². The van der Waals surface area contributed by atoms with Gasteiger partial charge in [0.25, 0.3) is 0 Å². The minimum atomic E-state index is -0.797. The van der Waals surface area contributed by atoms with Crippen LogP contribution in [0.2, 0.25) is 5.22 Å². The quantitative estimate of drug-likeness (QED) is 0.825. The van der Waals surface area contributed by atoms with Crippen LogP contribution < -0.4 is 0 Å². The molecule has 0 saturated carbocycles. The minimum absolute atomic E-state index is 0.207. The van der Waals surface area contributed by atoms with Crippen molar-refractivity contribution in [3.8, 4) is 0 Å². The van der Waals surface area contributed by atoms with Gasteiger partial charge in [0.15, 0.2) is 5.22 Å². The predicted octanol–water partition coefficient (Wildman–Crippen LogP) is 1.75. The van der Waals surface area contributed by atoms with Crippen LogP contribution in [0.5, 0.6) is 0 Å². The van der Waals surface area contributed by atoms with Crippen molar-refractivity contribution in [3.05, 3.63) is 41.1 Å². The van der Waals surface area contributed by atoms with E-state index in [0.717, 1.165) is 0 Å². The van der Waals surface area contributed by atoms with Crippen molar-refractivity contribution in [2.45, 2.75) is 6.10 Å². The van der Waals surface area contributed by atoms with E-state index in [9.17, 15) is 5.11 Å². The Morgan fingerprint density at radius 2 is 2.36 bits per heavy atom. The molecule has 0 amide bonds. The number of hydrogen-bond acceptors (Lipinski definition) is 3. The summed E-state index contributed by atoms with van der Waals surface area (Å²) in [6.45, 7) is 0. The van der Waals surface area contributed by atoms with Gasteiger partial charge in [0, 0.05) is 18.8 Å². The molecule has 0 radical (unpaired) electrons. The van der Waals surface area contributed by atoms with Gasteiger partial charge in [-0.05, 0) is 23.7 Å². The summed E-state index contributed by atoms with van der Waals surface area (Å²) in [5.74, 6) is 0. The minimum Gasteiger partial charge on any atom is -0.453 e. The molecule has 2 heterocycles. The molecule has 5 heteroatoms. The monoisotopic (exact) mass is 212 g/mol. The molecule has 2 aromatic heterocycles. The molecule has 1 N–H and O–H groups in total. The fourth-order valence-corrected chi connectivity index (χ4v) is 1.53. The first-order chi connectivity index (χ1) is 6.70. The molecule has 0 aliphatic heterocycles. The summed E-state index contributed by atoms with van der Waals surface area (Å²) < 4.78 is 6.49. The van der Waals surface area contributed by atoms with Crippen LogP contribution >= 0.6 is 11.6 Å². The summed E-state index contributed by atoms with van der Waals surface area (Å²) in [5.41, 5.74) is 1.23. The lowest BCUT2D eigenvalue weighted by Crippen LogP contribution is -2.05. The molecule has 0 aromatic carbocycles. The summed E-state index contributed by atoms with van der Waals surface area (Å²) in [5, 5.41) is 14.1. The van der Waals surface area contributed by atoms with Crippen molar-refractivity contribution in [3.63, 3.8) is 0 Å². The Labute approximate surface area is 85.7 Å². The number of nitrogens with zero attached hydrogens (tertiary/aromatic N) is 2. The van der Waals surface area contributed by atoms with Gasteiger partial charge in [0.05, 0.1) is 12.0 Å². The van der Waals surface area contributed by atoms with Crippen molar-refractivity contribution in [2.24, 2.45) is 7.05 Å². The van der Waals surface area contributed by atoms with Gasteiger partial charge in [-0.15, -0.1) is 0 Å². The Bertz CT molecular complexity index is 395. The third kappa shape index (κ3) is 1.42. The number of rotatable bonds is 2. The fourth-order valence-electron chi connectivity index (χ4n) is 1.31. The molecule has 14 heavy (non-hydrogen) atoms. The van der Waals surface area contributed by atoms with E-state index in [-0.39, 0.29) is 5.22 Å². The highest BCUT2D eigenvalue weighted by Gasteiger charge is 2.18. The Balaban J connectivity index is 2.38. The number of aliphatic hydroxyl groups excluding tert-OH is 1. The highest BCUT2D eigenvalue weighted by atomic mass is 35.5. The second-order valence-corrected chi connectivity index (χ2v) is 3.28. The summed E-state index contributed by atoms with van der Waals surface area (Å²) in [4.78, 5) is 0. The van der Waals surface area contributed by atoms with Crippen molar-refractivity contribution in [1.29, 1.82) is 0 Å². The largest absolute Gasteiger partial charge is 0.453 e. The van der Waals surface area contributed by atoms with E-state index in [1.165, 1.54) is 6.26 Å². The van der Waals surface area contributed by atoms with Gasteiger partial charge < -0.3 is 9.52 Å². The van der Waals surface area contributed by atoms with Crippen LogP contribution in [0.3, 0.4) is 0 Å². The Morgan fingerprint density at radius 3 is 2.86 bits per heavy atom. The standard InChI is InChI=1S/C9H9ClN2O2/c1-12-7(2-4-11-12)8(13)6-3-5-14-9(6)10/h2-5,8,13H,1H3. The molecular formula is C9H9ClN2O2. The van der Waals surface area contributed by atoms with Crippen LogP contribution in [0.15, 0.2) is 29.0 Å². The molecule has 2 aromatic rings. The third-order valence-corrected chi connectivity index (χ3v) is 2.39. The van der Waals surface area contributed by atoms with Crippen LogP contribution in [-0.4, -0.2) is 14.9 Å². The number of aromatic nitrogens is 2. The fraction of sp³-hybridized carbons (Fsp3) is 0.222. The zero-order valence-corrected chi connectivity index (χ0v) is 8.27. The zero-order valence-electron chi connectivity index (χ0n) is 7.51. The van der Waals surface area contributed by atoms with Crippen molar-refractivity contribution >= 4 is 11.6 Å². The van der Waals surface area contributed by atoms with Crippen molar-refractivity contribution < 1.29 is 9.52 Å². The van der Waals surface area contributed by atoms with Crippen LogP contribution in [0.1, 0.15) is 17.4 Å². The highest BCUT2D eigenvalue weighted by molar-refractivity contribution is 6.29. The first kappa shape index (κ1) is 9.30. The van der Waals surface area contributed by atoms with E-state index in [2.05, 4.69) is 5.10 Å². The Kier molecular flexibility index (Phi) is 2.31. The normalized spacial score (nSPS) is 13.1. The number of hydrogen-bond donors (Lipinski definition) is 1. The third-order valence-electron chi connectivity index (χ3n) is 2.08. The van der Waals surface area contributed by atoms with Gasteiger partial charge in [-0.3, -0.25) is 4.68 Å². The van der Waals surface area contributed by atoms with Crippen LogP contribution in [0.4, 0.5) is 0 Å². The Hall–Kier alpha value is -1.26. The number of aliphatic hydroxyl groups is 1. The van der Waals surface area contributed by atoms with Crippen LogP contribution in [0.25, 0.3) is 0 Å². The maximum atomic E-state index is 9.93. The SMILES string of the molecule is Cn1nccc1C(O)c1ccoc1Cl. The van der Waals surface area contributed by atoms with Crippen molar-refractivity contribution in [1.82, 2.24) is 9.78 Å². The molecule has 0 bridgehead atoms. The number of halogens is 1. The zero-order chi connectivity index (χ0) is 10.1. The Morgan fingerprint density at radius 1 is 1.57 bits per heavy atom. The topological polar surface area (TPSA) is 51.2 Å². The molecule has 0 aliphatic carbocycles. The van der Waals surface area contributed by atoms with Gasteiger partial charge in [-0.1, -0.05) is 0 Å². The summed E-state index contributed by atoms with van der Waals surface area (Å²) in [7, 11) is 1.76. The van der Waals surface area contributed by atoms with Crippen LogP contribution in [0, 0.1) is 0 Å². The molecule has 74 valence electrons. The first-order valence-corrected chi connectivity index (χ1v) is 4.47. The molecule has 1 unspecified atom stereocenters. The van der Waals surface area contributed by atoms with Crippen LogP contribution in [-0.2, 0) is 7.05 Å². The summed E-state index contributed by atoms with van der Waals surface area (Å²) in [6, 6.07) is 3.37. The molecule has 0 spiro atoms. The maximum Gasteiger partial charge on any atom is 0.199 e. The van der Waals surface area contributed by atoms with Gasteiger partial charge in [-0.25, -0.2) is 0 Å². The van der Waals surface area contributed by atoms with Gasteiger partial charge >= 0.3 is 0 Å². The smallest absolute Gasteiger partial charge is 0.199 e. The van der Waals surface area contributed by atoms with E-state index in [1.54, 1.807) is 30.1 Å². The van der Waals surface area contributed by atoms with E-state index in [1.807, 2.05) is 0 Å². The van der Waals surface area contributed by atoms with Gasteiger partial charge in [-0.2, -0.15) is 5.10 Å². The van der Waals surface area contributed by atoms with E-state index < -0.39 is 6.10 Å². The molecule has 0 aliphatic rings. The molecule has 0 saturated heterocycles. The maximum absolute atomic E-state index is 9.93. The second kappa shape index (κ2) is 3.48.